The van der Waals surface area contributed by atoms with Crippen LogP contribution in [0.2, 0.25) is 0 Å². The van der Waals surface area contributed by atoms with Gasteiger partial charge in [0.2, 0.25) is 5.91 Å². The van der Waals surface area contributed by atoms with E-state index >= 15 is 0 Å². The van der Waals surface area contributed by atoms with Crippen LogP contribution < -0.4 is 5.32 Å². The Kier molecular flexibility index (Phi) is 4.74. The molecule has 0 aromatic carbocycles. The molecule has 0 aromatic rings. The van der Waals surface area contributed by atoms with E-state index in [0.717, 1.165) is 25.7 Å². The molecule has 1 fully saturated rings. The summed E-state index contributed by atoms with van der Waals surface area (Å²) >= 11 is 0. The minimum Gasteiger partial charge on any atom is -0.394 e. The van der Waals surface area contributed by atoms with Gasteiger partial charge in [0.1, 0.15) is 0 Å². The first-order valence-electron chi connectivity index (χ1n) is 6.12. The number of rotatable bonds is 5. The molecule has 94 valence electrons. The first-order valence-corrected chi connectivity index (χ1v) is 6.12. The van der Waals surface area contributed by atoms with Crippen LogP contribution in [0.5, 0.6) is 0 Å². The third-order valence-electron chi connectivity index (χ3n) is 3.65. The lowest BCUT2D eigenvalue weighted by molar-refractivity contribution is -0.130. The van der Waals surface area contributed by atoms with E-state index in [1.54, 1.807) is 4.90 Å². The number of amides is 1. The van der Waals surface area contributed by atoms with Crippen LogP contribution in [-0.2, 0) is 4.79 Å². The highest BCUT2D eigenvalue weighted by molar-refractivity contribution is 5.78. The van der Waals surface area contributed by atoms with E-state index in [0.29, 0.717) is 6.54 Å². The third kappa shape index (κ3) is 3.19. The third-order valence-corrected chi connectivity index (χ3v) is 3.65. The lowest BCUT2D eigenvalue weighted by Gasteiger charge is -2.29. The van der Waals surface area contributed by atoms with Gasteiger partial charge in [0, 0.05) is 18.6 Å². The minimum atomic E-state index is -0.201. The lowest BCUT2D eigenvalue weighted by atomic mass is 9.99. The molecule has 2 N–H and O–H groups in total. The largest absolute Gasteiger partial charge is 0.394 e. The number of carbonyl (C=O) groups is 1. The van der Waals surface area contributed by atoms with Crippen molar-refractivity contribution in [1.82, 2.24) is 10.2 Å². The molecule has 1 aliphatic rings. The molecule has 0 aromatic heterocycles. The van der Waals surface area contributed by atoms with Gasteiger partial charge < -0.3 is 15.3 Å². The molecule has 0 atom stereocenters. The molecular formula is C12H24N2O2. The van der Waals surface area contributed by atoms with Gasteiger partial charge in [0.05, 0.1) is 13.2 Å². The SMILES string of the molecule is CC(C)N(C)C(=O)CNC1(CO)CCCC1. The number of carbonyl (C=O) groups excluding carboxylic acids is 1. The van der Waals surface area contributed by atoms with E-state index in [1.807, 2.05) is 20.9 Å². The number of hydrogen-bond donors (Lipinski definition) is 2. The smallest absolute Gasteiger partial charge is 0.236 e. The van der Waals surface area contributed by atoms with Crippen molar-refractivity contribution in [3.05, 3.63) is 0 Å². The van der Waals surface area contributed by atoms with Gasteiger partial charge in [0.15, 0.2) is 0 Å². The second-order valence-corrected chi connectivity index (χ2v) is 5.10. The monoisotopic (exact) mass is 228 g/mol. The molecule has 1 aliphatic carbocycles. The predicted octanol–water partition coefficient (Wildman–Crippen LogP) is 0.748. The topological polar surface area (TPSA) is 52.6 Å². The quantitative estimate of drug-likeness (QED) is 0.730. The van der Waals surface area contributed by atoms with Gasteiger partial charge in [-0.15, -0.1) is 0 Å². The number of nitrogens with zero attached hydrogens (tertiary/aromatic N) is 1. The maximum Gasteiger partial charge on any atom is 0.236 e. The molecule has 0 aliphatic heterocycles. The van der Waals surface area contributed by atoms with Crippen molar-refractivity contribution in [2.75, 3.05) is 20.2 Å². The molecule has 0 spiro atoms. The lowest BCUT2D eigenvalue weighted by Crippen LogP contribution is -2.51. The summed E-state index contributed by atoms with van der Waals surface area (Å²) in [6.07, 6.45) is 4.23. The van der Waals surface area contributed by atoms with E-state index in [2.05, 4.69) is 5.32 Å². The first kappa shape index (κ1) is 13.5. The molecular weight excluding hydrogens is 204 g/mol. The summed E-state index contributed by atoms with van der Waals surface area (Å²) in [4.78, 5) is 13.5. The Balaban J connectivity index is 2.41. The zero-order valence-electron chi connectivity index (χ0n) is 10.6. The van der Waals surface area contributed by atoms with E-state index < -0.39 is 0 Å². The zero-order chi connectivity index (χ0) is 12.2. The summed E-state index contributed by atoms with van der Waals surface area (Å²) in [6.45, 7) is 4.45. The highest BCUT2D eigenvalue weighted by Crippen LogP contribution is 2.28. The Morgan fingerprint density at radius 3 is 2.44 bits per heavy atom. The second-order valence-electron chi connectivity index (χ2n) is 5.10. The van der Waals surface area contributed by atoms with E-state index in [1.165, 1.54) is 0 Å². The standard InChI is InChI=1S/C12H24N2O2/c1-10(2)14(3)11(16)8-13-12(9-15)6-4-5-7-12/h10,13,15H,4-9H2,1-3H3. The Labute approximate surface area is 98.0 Å². The minimum absolute atomic E-state index is 0.0923. The van der Waals surface area contributed by atoms with Crippen LogP contribution in [0.15, 0.2) is 0 Å². The molecule has 0 radical (unpaired) electrons. The molecule has 0 saturated heterocycles. The molecule has 0 unspecified atom stereocenters. The van der Waals surface area contributed by atoms with Crippen molar-refractivity contribution < 1.29 is 9.90 Å². The molecule has 4 nitrogen and oxygen atoms in total. The molecule has 16 heavy (non-hydrogen) atoms. The van der Waals surface area contributed by atoms with Crippen LogP contribution in [0.4, 0.5) is 0 Å². The van der Waals surface area contributed by atoms with E-state index in [-0.39, 0.29) is 24.1 Å². The molecule has 1 saturated carbocycles. The molecule has 0 heterocycles. The summed E-state index contributed by atoms with van der Waals surface area (Å²) < 4.78 is 0. The van der Waals surface area contributed by atoms with Gasteiger partial charge in [-0.3, -0.25) is 4.79 Å². The molecule has 1 rings (SSSR count). The number of hydrogen-bond acceptors (Lipinski definition) is 3. The average Bonchev–Trinajstić information content (AvgIpc) is 2.74. The Bertz CT molecular complexity index is 235. The summed E-state index contributed by atoms with van der Waals surface area (Å²) in [7, 11) is 1.81. The van der Waals surface area contributed by atoms with Gasteiger partial charge in [0.25, 0.3) is 0 Å². The van der Waals surface area contributed by atoms with E-state index in [9.17, 15) is 9.90 Å². The number of likely N-dealkylation sites (N-methyl/N-ethyl adjacent to an activating group) is 1. The van der Waals surface area contributed by atoms with Gasteiger partial charge >= 0.3 is 0 Å². The van der Waals surface area contributed by atoms with Crippen LogP contribution in [0.1, 0.15) is 39.5 Å². The Morgan fingerprint density at radius 1 is 1.44 bits per heavy atom. The van der Waals surface area contributed by atoms with E-state index in [4.69, 9.17) is 0 Å². The van der Waals surface area contributed by atoms with Gasteiger partial charge in [-0.2, -0.15) is 0 Å². The van der Waals surface area contributed by atoms with Gasteiger partial charge in [-0.25, -0.2) is 0 Å². The predicted molar refractivity (Wildman–Crippen MR) is 64.2 cm³/mol. The summed E-state index contributed by atoms with van der Waals surface area (Å²) in [5, 5.41) is 12.6. The summed E-state index contributed by atoms with van der Waals surface area (Å²) in [5.41, 5.74) is -0.201. The second kappa shape index (κ2) is 5.64. The van der Waals surface area contributed by atoms with Crippen LogP contribution >= 0.6 is 0 Å². The number of aliphatic hydroxyl groups is 1. The highest BCUT2D eigenvalue weighted by atomic mass is 16.3. The summed E-state index contributed by atoms with van der Waals surface area (Å²) in [6, 6.07) is 0.225. The summed E-state index contributed by atoms with van der Waals surface area (Å²) in [5.74, 6) is 0.0923. The van der Waals surface area contributed by atoms with Gasteiger partial charge in [-0.05, 0) is 26.7 Å². The fourth-order valence-corrected chi connectivity index (χ4v) is 2.12. The van der Waals surface area contributed by atoms with Gasteiger partial charge in [-0.1, -0.05) is 12.8 Å². The van der Waals surface area contributed by atoms with Crippen molar-refractivity contribution in [3.8, 4) is 0 Å². The molecule has 0 bridgehead atoms. The van der Waals surface area contributed by atoms with Crippen LogP contribution in [0.3, 0.4) is 0 Å². The fraction of sp³-hybridized carbons (Fsp3) is 0.917. The Morgan fingerprint density at radius 2 is 2.00 bits per heavy atom. The normalized spacial score (nSPS) is 19.1. The maximum atomic E-state index is 11.8. The van der Waals surface area contributed by atoms with Crippen molar-refractivity contribution >= 4 is 5.91 Å². The van der Waals surface area contributed by atoms with Crippen LogP contribution in [-0.4, -0.2) is 47.7 Å². The van der Waals surface area contributed by atoms with Crippen molar-refractivity contribution in [1.29, 1.82) is 0 Å². The first-order chi connectivity index (χ1) is 7.51. The highest BCUT2D eigenvalue weighted by Gasteiger charge is 2.33. The molecule has 1 amide bonds. The fourth-order valence-electron chi connectivity index (χ4n) is 2.12. The Hall–Kier alpha value is -0.610. The van der Waals surface area contributed by atoms with Crippen LogP contribution in [0.25, 0.3) is 0 Å². The van der Waals surface area contributed by atoms with Crippen molar-refractivity contribution in [2.45, 2.75) is 51.1 Å². The molecule has 4 heteroatoms. The van der Waals surface area contributed by atoms with Crippen LogP contribution in [0, 0.1) is 0 Å². The van der Waals surface area contributed by atoms with Crippen molar-refractivity contribution in [2.24, 2.45) is 0 Å². The maximum absolute atomic E-state index is 11.8. The number of aliphatic hydroxyl groups excluding tert-OH is 1. The number of nitrogens with one attached hydrogen (secondary N) is 1. The zero-order valence-corrected chi connectivity index (χ0v) is 10.6. The average molecular weight is 228 g/mol. The van der Waals surface area contributed by atoms with Crippen molar-refractivity contribution in [3.63, 3.8) is 0 Å².